The topological polar surface area (TPSA) is 46.5 Å². The highest BCUT2D eigenvalue weighted by Crippen LogP contribution is 2.76. The van der Waals surface area contributed by atoms with E-state index in [0.29, 0.717) is 0 Å². The Labute approximate surface area is 382 Å². The number of phenolic OH excluding ortho intramolecular Hbond substituents is 1. The molecule has 10 aromatic carbocycles. The smallest absolute Gasteiger partial charge is 0.353 e. The number of hydrogen-bond donors (Lipinski definition) is 1. The van der Waals surface area contributed by atoms with Gasteiger partial charge < -0.3 is 9.29 Å². The minimum Gasteiger partial charge on any atom is -0.507 e. The van der Waals surface area contributed by atoms with Crippen LogP contribution < -0.4 is 0 Å². The van der Waals surface area contributed by atoms with Gasteiger partial charge in [0.1, 0.15) is 11.3 Å². The first kappa shape index (κ1) is 40.9. The fraction of sp³-hybridized carbons (Fsp3) is 0. The van der Waals surface area contributed by atoms with E-state index in [1.807, 2.05) is 54.6 Å². The number of benzene rings is 10. The molecule has 312 valence electrons. The van der Waals surface area contributed by atoms with Gasteiger partial charge >= 0.3 is 5.97 Å². The zero-order valence-electron chi connectivity index (χ0n) is 35.5. The van der Waals surface area contributed by atoms with Gasteiger partial charge in [0, 0.05) is 14.7 Å². The SMILES string of the molecule is O=C(OS(c1ccccc1)(c1c(-c2ccccc2)cc(-c2ccccc2)cc1-c1ccccc1)c1c(-c2ccccc2)cc(-c2ccccc2)cc1-c1ccccc1)c1ccccc1O. The Morgan fingerprint density at radius 1 is 0.323 bits per heavy atom. The highest BCUT2D eigenvalue weighted by Gasteiger charge is 2.44. The van der Waals surface area contributed by atoms with Gasteiger partial charge in [0.05, 0.1) is 0 Å². The average Bonchev–Trinajstić information content (AvgIpc) is 3.39. The molecule has 3 nitrogen and oxygen atoms in total. The molecule has 10 aromatic rings. The lowest BCUT2D eigenvalue weighted by Crippen LogP contribution is -2.17. The molecular weight excluding hydrogens is 813 g/mol. The van der Waals surface area contributed by atoms with Crippen molar-refractivity contribution in [3.8, 4) is 72.5 Å². The summed E-state index contributed by atoms with van der Waals surface area (Å²) in [5, 5.41) is 11.5. The fourth-order valence-corrected chi connectivity index (χ4v) is 12.4. The Hall–Kier alpha value is -8.18. The highest BCUT2D eigenvalue weighted by atomic mass is 32.3. The second kappa shape index (κ2) is 18.3. The molecule has 0 aliphatic carbocycles. The van der Waals surface area contributed by atoms with E-state index in [-0.39, 0.29) is 11.3 Å². The van der Waals surface area contributed by atoms with Crippen molar-refractivity contribution >= 4 is 16.3 Å². The molecule has 0 atom stereocenters. The summed E-state index contributed by atoms with van der Waals surface area (Å²) in [6.45, 7) is 0. The predicted octanol–water partition coefficient (Wildman–Crippen LogP) is 16.4. The maximum Gasteiger partial charge on any atom is 0.353 e. The van der Waals surface area contributed by atoms with Crippen LogP contribution in [0.1, 0.15) is 10.4 Å². The second-order valence-electron chi connectivity index (χ2n) is 15.8. The molecule has 0 aliphatic rings. The van der Waals surface area contributed by atoms with Crippen LogP contribution >= 0.6 is 10.3 Å². The van der Waals surface area contributed by atoms with Crippen LogP contribution in [0, 0.1) is 0 Å². The third-order valence-electron chi connectivity index (χ3n) is 11.7. The number of phenols is 1. The first-order chi connectivity index (χ1) is 32.1. The van der Waals surface area contributed by atoms with Crippen LogP contribution in [0.15, 0.2) is 276 Å². The van der Waals surface area contributed by atoms with E-state index in [4.69, 9.17) is 4.18 Å². The van der Waals surface area contributed by atoms with Crippen LogP contribution in [0.3, 0.4) is 0 Å². The van der Waals surface area contributed by atoms with Gasteiger partial charge in [-0.25, -0.2) is 4.79 Å². The van der Waals surface area contributed by atoms with Crippen molar-refractivity contribution in [3.05, 3.63) is 266 Å². The summed E-state index contributed by atoms with van der Waals surface area (Å²) in [5.41, 5.74) is 11.8. The molecule has 0 radical (unpaired) electrons. The summed E-state index contributed by atoms with van der Waals surface area (Å²) in [7, 11) is -3.27. The zero-order valence-corrected chi connectivity index (χ0v) is 36.3. The van der Waals surface area contributed by atoms with Crippen molar-refractivity contribution in [3.63, 3.8) is 0 Å². The van der Waals surface area contributed by atoms with E-state index in [1.165, 1.54) is 6.07 Å². The summed E-state index contributed by atoms with van der Waals surface area (Å²) in [5.74, 6) is -0.798. The van der Waals surface area contributed by atoms with Crippen LogP contribution in [0.2, 0.25) is 0 Å². The van der Waals surface area contributed by atoms with Gasteiger partial charge in [-0.15, -0.1) is 0 Å². The summed E-state index contributed by atoms with van der Waals surface area (Å²) in [4.78, 5) is 18.1. The Balaban J connectivity index is 1.48. The fourth-order valence-electron chi connectivity index (χ4n) is 8.69. The van der Waals surface area contributed by atoms with Crippen molar-refractivity contribution < 1.29 is 14.1 Å². The Bertz CT molecular complexity index is 2920. The average molecular weight is 857 g/mol. The number of rotatable bonds is 11. The molecule has 1 N–H and O–H groups in total. The highest BCUT2D eigenvalue weighted by molar-refractivity contribution is 8.30. The van der Waals surface area contributed by atoms with Crippen LogP contribution in [0.25, 0.3) is 66.8 Å². The molecule has 0 heterocycles. The lowest BCUT2D eigenvalue weighted by molar-refractivity contribution is 0.0754. The standard InChI is InChI=1S/C61H44O3S/c62-58-39-23-22-38-53(58)61(63)64-65(52-36-20-7-21-37-52,59-54(46-28-12-3-13-29-46)40-50(44-24-8-1-9-25-44)41-55(59)47-30-14-4-15-31-47)60-56(48-32-16-5-17-33-48)42-51(45-26-10-2-11-27-45)43-57(60)49-34-18-6-19-35-49/h1-43,62H. The lowest BCUT2D eigenvalue weighted by Gasteiger charge is -2.45. The van der Waals surface area contributed by atoms with Crippen LogP contribution in [-0.2, 0) is 4.18 Å². The lowest BCUT2D eigenvalue weighted by atomic mass is 9.93. The van der Waals surface area contributed by atoms with E-state index >= 15 is 4.79 Å². The molecule has 0 amide bonds. The summed E-state index contributed by atoms with van der Waals surface area (Å²) >= 11 is 0. The Morgan fingerprint density at radius 3 is 0.923 bits per heavy atom. The van der Waals surface area contributed by atoms with Crippen molar-refractivity contribution in [1.82, 2.24) is 0 Å². The minimum absolute atomic E-state index is 0.0761. The van der Waals surface area contributed by atoms with Gasteiger partial charge in [0.25, 0.3) is 0 Å². The predicted molar refractivity (Wildman–Crippen MR) is 268 cm³/mol. The molecule has 0 aromatic heterocycles. The van der Waals surface area contributed by atoms with E-state index in [9.17, 15) is 5.11 Å². The van der Waals surface area contributed by atoms with E-state index < -0.39 is 16.3 Å². The van der Waals surface area contributed by atoms with Crippen LogP contribution in [-0.4, -0.2) is 11.1 Å². The van der Waals surface area contributed by atoms with Crippen molar-refractivity contribution in [2.24, 2.45) is 0 Å². The molecule has 0 bridgehead atoms. The molecule has 0 saturated carbocycles. The summed E-state index contributed by atoms with van der Waals surface area (Å²) in [6.07, 6.45) is 0. The van der Waals surface area contributed by atoms with Crippen LogP contribution in [0.4, 0.5) is 0 Å². The third-order valence-corrected chi connectivity index (χ3v) is 15.1. The molecular formula is C61H44O3S. The number of carbonyl (C=O) groups excluding carboxylic acids is 1. The molecule has 0 saturated heterocycles. The molecule has 4 heteroatoms. The number of para-hydroxylation sites is 1. The summed E-state index contributed by atoms with van der Waals surface area (Å²) < 4.78 is 7.69. The van der Waals surface area contributed by atoms with E-state index in [1.54, 1.807) is 18.2 Å². The van der Waals surface area contributed by atoms with Crippen molar-refractivity contribution in [2.75, 3.05) is 0 Å². The first-order valence-corrected chi connectivity index (χ1v) is 23.2. The van der Waals surface area contributed by atoms with E-state index in [2.05, 4.69) is 182 Å². The van der Waals surface area contributed by atoms with Crippen molar-refractivity contribution in [1.29, 1.82) is 0 Å². The molecule has 10 rings (SSSR count). The number of carbonyl (C=O) groups is 1. The van der Waals surface area contributed by atoms with Crippen molar-refractivity contribution in [2.45, 2.75) is 14.7 Å². The maximum atomic E-state index is 15.6. The zero-order chi connectivity index (χ0) is 44.0. The van der Waals surface area contributed by atoms with E-state index in [0.717, 1.165) is 81.4 Å². The molecule has 0 spiro atoms. The van der Waals surface area contributed by atoms with Gasteiger partial charge in [-0.1, -0.05) is 212 Å². The Morgan fingerprint density at radius 2 is 0.600 bits per heavy atom. The van der Waals surface area contributed by atoms with Gasteiger partial charge in [-0.2, -0.15) is 0 Å². The normalized spacial score (nSPS) is 11.4. The summed E-state index contributed by atoms with van der Waals surface area (Å²) in [6, 6.07) is 88.5. The second-order valence-corrected chi connectivity index (χ2v) is 18.3. The molecule has 65 heavy (non-hydrogen) atoms. The maximum absolute atomic E-state index is 15.6. The monoisotopic (exact) mass is 856 g/mol. The number of hydrogen-bond acceptors (Lipinski definition) is 3. The number of aromatic hydroxyl groups is 1. The minimum atomic E-state index is -3.27. The third kappa shape index (κ3) is 8.04. The van der Waals surface area contributed by atoms with Gasteiger partial charge in [-0.3, -0.25) is 0 Å². The molecule has 0 fully saturated rings. The Kier molecular flexibility index (Phi) is 11.5. The van der Waals surface area contributed by atoms with Gasteiger partial charge in [0.2, 0.25) is 0 Å². The largest absolute Gasteiger partial charge is 0.507 e. The molecule has 0 unspecified atom stereocenters. The quantitative estimate of drug-likeness (QED) is 0.141. The molecule has 0 aliphatic heterocycles. The first-order valence-electron chi connectivity index (χ1n) is 21.7. The van der Waals surface area contributed by atoms with Gasteiger partial charge in [0.15, 0.2) is 0 Å². The van der Waals surface area contributed by atoms with Gasteiger partial charge in [-0.05, 0) is 126 Å². The van der Waals surface area contributed by atoms with Crippen LogP contribution in [0.5, 0.6) is 5.75 Å².